The molecule has 0 saturated heterocycles. The van der Waals surface area contributed by atoms with E-state index in [1.165, 1.54) is 50.7 Å². The lowest BCUT2D eigenvalue weighted by molar-refractivity contribution is -0.384. The van der Waals surface area contributed by atoms with Crippen molar-refractivity contribution in [3.05, 3.63) is 39.9 Å². The van der Waals surface area contributed by atoms with Gasteiger partial charge in [0, 0.05) is 12.1 Å². The largest absolute Gasteiger partial charge is 0.478 e. The number of unbranched alkanes of at least 4 members (excludes halogenated alkanes) is 5. The molecule has 0 aliphatic rings. The third-order valence-electron chi connectivity index (χ3n) is 3.47. The molecule has 0 heterocycles. The van der Waals surface area contributed by atoms with Gasteiger partial charge >= 0.3 is 5.97 Å². The van der Waals surface area contributed by atoms with Crippen LogP contribution in [0.4, 0.5) is 5.69 Å². The Balaban J connectivity index is 0.000000441. The third-order valence-corrected chi connectivity index (χ3v) is 3.47. The molecule has 136 valence electrons. The molecule has 1 rings (SSSR count). The first-order valence-electron chi connectivity index (χ1n) is 8.37. The van der Waals surface area contributed by atoms with Gasteiger partial charge in [0.1, 0.15) is 0 Å². The van der Waals surface area contributed by atoms with E-state index < -0.39 is 16.5 Å². The van der Waals surface area contributed by atoms with Crippen LogP contribution in [0.1, 0.15) is 76.1 Å². The minimum atomic E-state index is -1.09. The summed E-state index contributed by atoms with van der Waals surface area (Å²) in [7, 11) is 0. The van der Waals surface area contributed by atoms with E-state index >= 15 is 0 Å². The molecule has 0 bridgehead atoms. The molecule has 0 aromatic heterocycles. The molecule has 2 N–H and O–H groups in total. The Morgan fingerprint density at radius 3 is 2.00 bits per heavy atom. The number of rotatable bonds is 9. The fourth-order valence-corrected chi connectivity index (χ4v) is 2.06. The highest BCUT2D eigenvalue weighted by molar-refractivity contribution is 5.87. The van der Waals surface area contributed by atoms with E-state index in [2.05, 4.69) is 6.92 Å². The monoisotopic (exact) mass is 339 g/mol. The summed E-state index contributed by atoms with van der Waals surface area (Å²) >= 11 is 0. The molecule has 0 spiro atoms. The minimum Gasteiger partial charge on any atom is -0.478 e. The number of carbonyl (C=O) groups is 1. The number of aliphatic hydroxyl groups is 1. The van der Waals surface area contributed by atoms with Crippen LogP contribution in [-0.2, 0) is 0 Å². The molecule has 0 amide bonds. The van der Waals surface area contributed by atoms with Crippen molar-refractivity contribution in [2.75, 3.05) is 0 Å². The summed E-state index contributed by atoms with van der Waals surface area (Å²) in [5.41, 5.74) is -0.523. The van der Waals surface area contributed by atoms with Crippen molar-refractivity contribution in [2.45, 2.75) is 71.3 Å². The molecule has 0 atom stereocenters. The van der Waals surface area contributed by atoms with Crippen LogP contribution in [0.25, 0.3) is 0 Å². The summed E-state index contributed by atoms with van der Waals surface area (Å²) in [6.45, 7) is 6.01. The van der Waals surface area contributed by atoms with Crippen LogP contribution in [0.5, 0.6) is 0 Å². The summed E-state index contributed by atoms with van der Waals surface area (Å²) in [6, 6.07) is 4.70. The van der Waals surface area contributed by atoms with E-state index in [-0.39, 0.29) is 11.3 Å². The van der Waals surface area contributed by atoms with Gasteiger partial charge in [-0.25, -0.2) is 4.79 Å². The van der Waals surface area contributed by atoms with Crippen LogP contribution in [0.2, 0.25) is 0 Å². The van der Waals surface area contributed by atoms with Gasteiger partial charge in [0.15, 0.2) is 0 Å². The summed E-state index contributed by atoms with van der Waals surface area (Å²) < 4.78 is 0. The van der Waals surface area contributed by atoms with Crippen LogP contribution in [0.15, 0.2) is 24.3 Å². The lowest BCUT2D eigenvalue weighted by Gasteiger charge is -2.16. The zero-order chi connectivity index (χ0) is 18.6. The number of nitro groups is 1. The molecule has 0 unspecified atom stereocenters. The van der Waals surface area contributed by atoms with Crippen LogP contribution < -0.4 is 0 Å². The molecule has 1 aromatic carbocycles. The maximum Gasteiger partial charge on any atom is 0.335 e. The van der Waals surface area contributed by atoms with Crippen molar-refractivity contribution in [1.29, 1.82) is 0 Å². The quantitative estimate of drug-likeness (QED) is 0.382. The average molecular weight is 339 g/mol. The number of hydrogen-bond donors (Lipinski definition) is 2. The smallest absolute Gasteiger partial charge is 0.335 e. The second-order valence-electron chi connectivity index (χ2n) is 6.44. The van der Waals surface area contributed by atoms with Gasteiger partial charge in [-0.2, -0.15) is 0 Å². The summed E-state index contributed by atoms with van der Waals surface area (Å²) in [5, 5.41) is 28.0. The summed E-state index contributed by atoms with van der Waals surface area (Å²) in [6.07, 6.45) is 8.77. The predicted octanol–water partition coefficient (Wildman–Crippen LogP) is 4.80. The maximum absolute atomic E-state index is 10.3. The second kappa shape index (κ2) is 11.6. The van der Waals surface area contributed by atoms with E-state index in [1.54, 1.807) is 0 Å². The van der Waals surface area contributed by atoms with Crippen molar-refractivity contribution < 1.29 is 19.9 Å². The van der Waals surface area contributed by atoms with E-state index in [1.807, 2.05) is 13.8 Å². The molecule has 0 radical (unpaired) electrons. The molecule has 0 saturated carbocycles. The fraction of sp³-hybridized carbons (Fsp3) is 0.611. The third kappa shape index (κ3) is 11.6. The molecule has 0 aliphatic heterocycles. The van der Waals surface area contributed by atoms with E-state index in [0.717, 1.165) is 18.6 Å². The van der Waals surface area contributed by atoms with E-state index in [4.69, 9.17) is 5.11 Å². The first-order chi connectivity index (χ1) is 11.2. The average Bonchev–Trinajstić information content (AvgIpc) is 2.50. The topological polar surface area (TPSA) is 101 Å². The van der Waals surface area contributed by atoms with Crippen molar-refractivity contribution >= 4 is 11.7 Å². The van der Waals surface area contributed by atoms with Gasteiger partial charge in [-0.3, -0.25) is 10.1 Å². The Hall–Kier alpha value is -1.95. The normalized spacial score (nSPS) is 10.7. The zero-order valence-corrected chi connectivity index (χ0v) is 14.8. The van der Waals surface area contributed by atoms with Crippen molar-refractivity contribution in [3.8, 4) is 0 Å². The molecular weight excluding hydrogens is 310 g/mol. The molecule has 24 heavy (non-hydrogen) atoms. The van der Waals surface area contributed by atoms with Gasteiger partial charge < -0.3 is 10.2 Å². The Morgan fingerprint density at radius 2 is 1.58 bits per heavy atom. The summed E-state index contributed by atoms with van der Waals surface area (Å²) in [4.78, 5) is 19.9. The predicted molar refractivity (Wildman–Crippen MR) is 94.3 cm³/mol. The van der Waals surface area contributed by atoms with Crippen LogP contribution in [0.3, 0.4) is 0 Å². The van der Waals surface area contributed by atoms with Crippen LogP contribution >= 0.6 is 0 Å². The standard InChI is InChI=1S/C11H24O.C7H5NO4/c1-4-5-6-7-8-9-10-11(2,3)12;9-7(10)5-1-3-6(4-2-5)8(11)12/h12H,4-10H2,1-3H3;1-4H,(H,9,10). The number of nitro benzene ring substituents is 1. The van der Waals surface area contributed by atoms with E-state index in [0.29, 0.717) is 0 Å². The maximum atomic E-state index is 10.3. The number of carboxylic acid groups (broad SMARTS) is 1. The highest BCUT2D eigenvalue weighted by atomic mass is 16.6. The van der Waals surface area contributed by atoms with Crippen LogP contribution in [-0.4, -0.2) is 26.7 Å². The Labute approximate surface area is 143 Å². The zero-order valence-electron chi connectivity index (χ0n) is 14.8. The first kappa shape index (κ1) is 22.1. The molecule has 1 aromatic rings. The number of benzene rings is 1. The van der Waals surface area contributed by atoms with Gasteiger partial charge in [-0.05, 0) is 32.4 Å². The van der Waals surface area contributed by atoms with Crippen molar-refractivity contribution in [3.63, 3.8) is 0 Å². The minimum absolute atomic E-state index is 0.0422. The first-order valence-corrected chi connectivity index (χ1v) is 8.37. The molecule has 6 heteroatoms. The Kier molecular flexibility index (Phi) is 10.6. The van der Waals surface area contributed by atoms with Gasteiger partial charge in [0.05, 0.1) is 16.1 Å². The highest BCUT2D eigenvalue weighted by Crippen LogP contribution is 2.14. The highest BCUT2D eigenvalue weighted by Gasteiger charge is 2.10. The fourth-order valence-electron chi connectivity index (χ4n) is 2.06. The number of hydrogen-bond acceptors (Lipinski definition) is 4. The molecule has 0 aliphatic carbocycles. The Morgan fingerprint density at radius 1 is 1.08 bits per heavy atom. The SMILES string of the molecule is CCCCCCCCC(C)(C)O.O=C(O)c1ccc([N+](=O)[O-])cc1. The van der Waals surface area contributed by atoms with Gasteiger partial charge in [0.2, 0.25) is 0 Å². The number of aromatic carboxylic acids is 1. The van der Waals surface area contributed by atoms with Crippen molar-refractivity contribution in [2.24, 2.45) is 0 Å². The van der Waals surface area contributed by atoms with Crippen molar-refractivity contribution in [1.82, 2.24) is 0 Å². The lowest BCUT2D eigenvalue weighted by atomic mass is 10.00. The summed E-state index contributed by atoms with van der Waals surface area (Å²) in [5.74, 6) is -1.09. The van der Waals surface area contributed by atoms with E-state index in [9.17, 15) is 20.0 Å². The lowest BCUT2D eigenvalue weighted by Crippen LogP contribution is -2.17. The van der Waals surface area contributed by atoms with Crippen LogP contribution in [0, 0.1) is 10.1 Å². The number of non-ortho nitro benzene ring substituents is 1. The molecule has 6 nitrogen and oxygen atoms in total. The number of nitrogens with zero attached hydrogens (tertiary/aromatic N) is 1. The van der Waals surface area contributed by atoms with Gasteiger partial charge in [0.25, 0.3) is 5.69 Å². The number of carboxylic acids is 1. The molecule has 0 fully saturated rings. The Bertz CT molecular complexity index is 458. The van der Waals surface area contributed by atoms with Gasteiger partial charge in [-0.15, -0.1) is 0 Å². The second-order valence-corrected chi connectivity index (χ2v) is 6.44. The molecular formula is C18H29NO5. The van der Waals surface area contributed by atoms with Gasteiger partial charge in [-0.1, -0.05) is 45.4 Å².